The molecule has 20 heavy (non-hydrogen) atoms. The fourth-order valence-electron chi connectivity index (χ4n) is 1.89. The number of nitrogens with two attached hydrogens (primary N) is 1. The molecule has 102 valence electrons. The maximum absolute atomic E-state index is 5.43. The van der Waals surface area contributed by atoms with E-state index in [-0.39, 0.29) is 0 Å². The van der Waals surface area contributed by atoms with Crippen molar-refractivity contribution in [2.45, 2.75) is 4.90 Å². The first-order chi connectivity index (χ1) is 9.81. The van der Waals surface area contributed by atoms with Gasteiger partial charge in [-0.1, -0.05) is 12.1 Å². The molecule has 0 aliphatic carbocycles. The van der Waals surface area contributed by atoms with Crippen molar-refractivity contribution >= 4 is 50.8 Å². The number of anilines is 3. The summed E-state index contributed by atoms with van der Waals surface area (Å²) in [7, 11) is 0. The Hall–Kier alpha value is -1.83. The lowest BCUT2D eigenvalue weighted by atomic mass is 10.3. The van der Waals surface area contributed by atoms with E-state index in [1.807, 2.05) is 35.9 Å². The molecule has 2 heterocycles. The summed E-state index contributed by atoms with van der Waals surface area (Å²) in [6.45, 7) is 0. The number of nitrogens with one attached hydrogen (secondary N) is 2. The Morgan fingerprint density at radius 3 is 2.85 bits per heavy atom. The predicted octanol–water partition coefficient (Wildman–Crippen LogP) is 3.44. The molecule has 0 saturated heterocycles. The average molecular weight is 303 g/mol. The van der Waals surface area contributed by atoms with Gasteiger partial charge in [-0.2, -0.15) is 4.98 Å². The number of aromatic nitrogens is 2. The first-order valence-corrected chi connectivity index (χ1v) is 8.04. The molecule has 1 aromatic carbocycles. The Labute approximate surface area is 124 Å². The molecular formula is C13H13N5S2. The van der Waals surface area contributed by atoms with Crippen LogP contribution in [0.1, 0.15) is 0 Å². The average Bonchev–Trinajstić information content (AvgIpc) is 2.96. The van der Waals surface area contributed by atoms with Crippen LogP contribution in [0.25, 0.3) is 10.2 Å². The topological polar surface area (TPSA) is 75.9 Å². The highest BCUT2D eigenvalue weighted by Gasteiger charge is 2.10. The summed E-state index contributed by atoms with van der Waals surface area (Å²) < 4.78 is 0. The maximum atomic E-state index is 5.43. The molecule has 0 spiro atoms. The summed E-state index contributed by atoms with van der Waals surface area (Å²) in [5.41, 5.74) is 3.53. The van der Waals surface area contributed by atoms with Crippen molar-refractivity contribution in [2.75, 3.05) is 17.0 Å². The van der Waals surface area contributed by atoms with Gasteiger partial charge in [0.15, 0.2) is 0 Å². The summed E-state index contributed by atoms with van der Waals surface area (Å²) in [6, 6.07) is 10.1. The van der Waals surface area contributed by atoms with Gasteiger partial charge in [-0.05, 0) is 29.8 Å². The van der Waals surface area contributed by atoms with Crippen molar-refractivity contribution < 1.29 is 0 Å². The number of hydrazine groups is 1. The molecule has 5 nitrogen and oxygen atoms in total. The molecule has 2 aromatic heterocycles. The van der Waals surface area contributed by atoms with Gasteiger partial charge in [0.25, 0.3) is 0 Å². The summed E-state index contributed by atoms with van der Waals surface area (Å²) in [6.07, 6.45) is 2.05. The molecule has 0 aliphatic rings. The van der Waals surface area contributed by atoms with Crippen molar-refractivity contribution in [1.82, 2.24) is 9.97 Å². The van der Waals surface area contributed by atoms with Gasteiger partial charge in [0, 0.05) is 4.90 Å². The zero-order valence-corrected chi connectivity index (χ0v) is 12.4. The van der Waals surface area contributed by atoms with E-state index >= 15 is 0 Å². The zero-order chi connectivity index (χ0) is 13.9. The van der Waals surface area contributed by atoms with Crippen LogP contribution in [0.2, 0.25) is 0 Å². The minimum atomic E-state index is 0.407. The van der Waals surface area contributed by atoms with Crippen LogP contribution in [0, 0.1) is 0 Å². The third kappa shape index (κ3) is 2.43. The molecule has 7 heteroatoms. The van der Waals surface area contributed by atoms with Crippen LogP contribution in [0.15, 0.2) is 40.6 Å². The SMILES string of the molecule is CSc1ccccc1Nc1nc(NN)nc2sccc12. The number of fused-ring (bicyclic) bond motifs is 1. The van der Waals surface area contributed by atoms with Gasteiger partial charge in [-0.3, -0.25) is 5.43 Å². The second kappa shape index (κ2) is 5.66. The van der Waals surface area contributed by atoms with E-state index in [2.05, 4.69) is 26.8 Å². The van der Waals surface area contributed by atoms with E-state index in [0.29, 0.717) is 5.95 Å². The fourth-order valence-corrected chi connectivity index (χ4v) is 3.21. The normalized spacial score (nSPS) is 10.7. The molecule has 0 aliphatic heterocycles. The lowest BCUT2D eigenvalue weighted by molar-refractivity contribution is 1.16. The molecule has 4 N–H and O–H groups in total. The Kier molecular flexibility index (Phi) is 3.72. The molecule has 0 saturated carbocycles. The molecule has 3 aromatic rings. The van der Waals surface area contributed by atoms with Gasteiger partial charge in [-0.15, -0.1) is 23.1 Å². The molecule has 0 atom stereocenters. The third-order valence-electron chi connectivity index (χ3n) is 2.81. The molecule has 0 unspecified atom stereocenters. The smallest absolute Gasteiger partial charge is 0.240 e. The number of rotatable bonds is 4. The van der Waals surface area contributed by atoms with E-state index < -0.39 is 0 Å². The predicted molar refractivity (Wildman–Crippen MR) is 86.7 cm³/mol. The third-order valence-corrected chi connectivity index (χ3v) is 4.42. The van der Waals surface area contributed by atoms with Crippen LogP contribution in [0.3, 0.4) is 0 Å². The van der Waals surface area contributed by atoms with Crippen molar-refractivity contribution in [3.05, 3.63) is 35.7 Å². The lowest BCUT2D eigenvalue weighted by Crippen LogP contribution is -2.11. The van der Waals surface area contributed by atoms with Crippen LogP contribution < -0.4 is 16.6 Å². The second-order valence-electron chi connectivity index (χ2n) is 4.00. The Bertz CT molecular complexity index is 740. The highest BCUT2D eigenvalue weighted by Crippen LogP contribution is 2.32. The van der Waals surface area contributed by atoms with Crippen molar-refractivity contribution in [3.8, 4) is 0 Å². The lowest BCUT2D eigenvalue weighted by Gasteiger charge is -2.11. The summed E-state index contributed by atoms with van der Waals surface area (Å²) >= 11 is 3.25. The van der Waals surface area contributed by atoms with Crippen molar-refractivity contribution in [3.63, 3.8) is 0 Å². The number of nitrogen functional groups attached to an aromatic ring is 1. The maximum Gasteiger partial charge on any atom is 0.240 e. The second-order valence-corrected chi connectivity index (χ2v) is 5.75. The fraction of sp³-hybridized carbons (Fsp3) is 0.0769. The highest BCUT2D eigenvalue weighted by molar-refractivity contribution is 7.98. The van der Waals surface area contributed by atoms with Gasteiger partial charge >= 0.3 is 0 Å². The number of hydrogen-bond donors (Lipinski definition) is 3. The van der Waals surface area contributed by atoms with E-state index in [1.54, 1.807) is 23.1 Å². The molecular weight excluding hydrogens is 290 g/mol. The van der Waals surface area contributed by atoms with Crippen LogP contribution in [-0.4, -0.2) is 16.2 Å². The Morgan fingerprint density at radius 2 is 2.05 bits per heavy atom. The number of benzene rings is 1. The molecule has 0 bridgehead atoms. The number of hydrogen-bond acceptors (Lipinski definition) is 7. The summed E-state index contributed by atoms with van der Waals surface area (Å²) in [5.74, 6) is 6.59. The van der Waals surface area contributed by atoms with Crippen LogP contribution in [-0.2, 0) is 0 Å². The number of thiophene rings is 1. The highest BCUT2D eigenvalue weighted by atomic mass is 32.2. The number of thioether (sulfide) groups is 1. The summed E-state index contributed by atoms with van der Waals surface area (Å²) in [5, 5.41) is 6.35. The van der Waals surface area contributed by atoms with Crippen LogP contribution in [0.5, 0.6) is 0 Å². The van der Waals surface area contributed by atoms with Gasteiger partial charge in [-0.25, -0.2) is 10.8 Å². The van der Waals surface area contributed by atoms with Gasteiger partial charge in [0.1, 0.15) is 10.6 Å². The zero-order valence-electron chi connectivity index (χ0n) is 10.8. The molecule has 0 fully saturated rings. The Morgan fingerprint density at radius 1 is 1.20 bits per heavy atom. The van der Waals surface area contributed by atoms with E-state index in [0.717, 1.165) is 26.6 Å². The van der Waals surface area contributed by atoms with Gasteiger partial charge in [0.05, 0.1) is 11.1 Å². The molecule has 0 radical (unpaired) electrons. The first kappa shape index (κ1) is 13.2. The minimum Gasteiger partial charge on any atom is -0.339 e. The monoisotopic (exact) mass is 303 g/mol. The largest absolute Gasteiger partial charge is 0.339 e. The van der Waals surface area contributed by atoms with Crippen LogP contribution in [0.4, 0.5) is 17.5 Å². The van der Waals surface area contributed by atoms with E-state index in [9.17, 15) is 0 Å². The van der Waals surface area contributed by atoms with E-state index in [4.69, 9.17) is 5.84 Å². The van der Waals surface area contributed by atoms with Gasteiger partial charge < -0.3 is 5.32 Å². The van der Waals surface area contributed by atoms with E-state index in [1.165, 1.54) is 0 Å². The minimum absolute atomic E-state index is 0.407. The van der Waals surface area contributed by atoms with Crippen molar-refractivity contribution in [1.29, 1.82) is 0 Å². The number of nitrogens with zero attached hydrogens (tertiary/aromatic N) is 2. The summed E-state index contributed by atoms with van der Waals surface area (Å²) in [4.78, 5) is 10.8. The van der Waals surface area contributed by atoms with Gasteiger partial charge in [0.2, 0.25) is 5.95 Å². The standard InChI is InChI=1S/C13H13N5S2/c1-19-10-5-3-2-4-9(10)15-11-8-6-7-20-12(8)17-13(16-11)18-14/h2-7H,14H2,1H3,(H2,15,16,17,18). The first-order valence-electron chi connectivity index (χ1n) is 5.93. The quantitative estimate of drug-likeness (QED) is 0.389. The van der Waals surface area contributed by atoms with Crippen LogP contribution >= 0.6 is 23.1 Å². The molecule has 3 rings (SSSR count). The molecule has 0 amide bonds. The Balaban J connectivity index is 2.07. The van der Waals surface area contributed by atoms with Crippen molar-refractivity contribution in [2.24, 2.45) is 5.84 Å². The number of para-hydroxylation sites is 1.